The van der Waals surface area contributed by atoms with Crippen molar-refractivity contribution in [3.8, 4) is 0 Å². The van der Waals surface area contributed by atoms with Crippen LogP contribution in [-0.4, -0.2) is 9.78 Å². The number of rotatable bonds is 2. The van der Waals surface area contributed by atoms with Crippen LogP contribution < -0.4 is 5.73 Å². The Balaban J connectivity index is 2.28. The van der Waals surface area contributed by atoms with E-state index in [1.54, 1.807) is 23.0 Å². The lowest BCUT2D eigenvalue weighted by Crippen LogP contribution is -2.05. The average Bonchev–Trinajstić information content (AvgIpc) is 2.50. The van der Waals surface area contributed by atoms with Gasteiger partial charge in [0.05, 0.1) is 12.7 Å². The van der Waals surface area contributed by atoms with Gasteiger partial charge in [0.25, 0.3) is 0 Å². The Morgan fingerprint density at radius 2 is 1.87 bits per heavy atom. The molecule has 0 saturated carbocycles. The molecule has 78 valence electrons. The number of hydrogen-bond donors (Lipinski definition) is 1. The molecule has 1 aromatic heterocycles. The highest BCUT2D eigenvalue weighted by Gasteiger charge is 2.02. The highest BCUT2D eigenvalue weighted by atomic mass is 35.5. The molecule has 0 saturated heterocycles. The molecule has 0 aliphatic heterocycles. The lowest BCUT2D eigenvalue weighted by Gasteiger charge is -2.05. The number of aromatic nitrogens is 2. The Bertz CT molecular complexity index is 459. The van der Waals surface area contributed by atoms with Crippen LogP contribution in [0.5, 0.6) is 0 Å². The van der Waals surface area contributed by atoms with Crippen LogP contribution in [0.1, 0.15) is 5.56 Å². The molecule has 2 rings (SSSR count). The average molecular weight is 242 g/mol. The van der Waals surface area contributed by atoms with E-state index in [9.17, 15) is 0 Å². The number of nitrogen functional groups attached to an aromatic ring is 1. The van der Waals surface area contributed by atoms with Gasteiger partial charge in [0.15, 0.2) is 0 Å². The maximum Gasteiger partial charge on any atom is 0.122 e. The van der Waals surface area contributed by atoms with Crippen LogP contribution in [0.15, 0.2) is 30.5 Å². The summed E-state index contributed by atoms with van der Waals surface area (Å²) in [7, 11) is 0. The van der Waals surface area contributed by atoms with E-state index in [-0.39, 0.29) is 0 Å². The van der Waals surface area contributed by atoms with Crippen LogP contribution in [0.2, 0.25) is 10.0 Å². The molecule has 3 nitrogen and oxygen atoms in total. The maximum atomic E-state index is 5.88. The minimum Gasteiger partial charge on any atom is -0.384 e. The summed E-state index contributed by atoms with van der Waals surface area (Å²) in [6.45, 7) is 0.569. The molecule has 0 aliphatic rings. The van der Waals surface area contributed by atoms with Gasteiger partial charge in [0.1, 0.15) is 5.82 Å². The number of hydrogen-bond acceptors (Lipinski definition) is 2. The number of nitrogens with two attached hydrogens (primary N) is 1. The van der Waals surface area contributed by atoms with Gasteiger partial charge < -0.3 is 5.73 Å². The van der Waals surface area contributed by atoms with E-state index < -0.39 is 0 Å². The minimum atomic E-state index is 0.569. The largest absolute Gasteiger partial charge is 0.384 e. The molecule has 0 aliphatic carbocycles. The van der Waals surface area contributed by atoms with E-state index in [2.05, 4.69) is 5.10 Å². The Morgan fingerprint density at radius 3 is 2.40 bits per heavy atom. The van der Waals surface area contributed by atoms with Gasteiger partial charge in [-0.25, -0.2) is 4.68 Å². The van der Waals surface area contributed by atoms with Crippen LogP contribution >= 0.6 is 23.2 Å². The van der Waals surface area contributed by atoms with E-state index in [1.807, 2.05) is 12.1 Å². The number of halogens is 2. The lowest BCUT2D eigenvalue weighted by atomic mass is 10.2. The summed E-state index contributed by atoms with van der Waals surface area (Å²) in [6, 6.07) is 7.12. The number of nitrogens with zero attached hydrogens (tertiary/aromatic N) is 2. The summed E-state index contributed by atoms with van der Waals surface area (Å²) in [5, 5.41) is 5.30. The Labute approximate surface area is 97.4 Å². The van der Waals surface area contributed by atoms with E-state index in [0.717, 1.165) is 5.56 Å². The van der Waals surface area contributed by atoms with E-state index in [1.165, 1.54) is 0 Å². The standard InChI is InChI=1S/C10H9Cl2N3/c11-8-3-7(4-9(12)5-8)6-15-10(13)1-2-14-15/h1-5H,6,13H2. The van der Waals surface area contributed by atoms with Crippen molar-refractivity contribution in [3.05, 3.63) is 46.1 Å². The molecule has 0 bridgehead atoms. The molecule has 1 aromatic carbocycles. The molecule has 1 heterocycles. The second-order valence-corrected chi connectivity index (χ2v) is 4.06. The molecular formula is C10H9Cl2N3. The first kappa shape index (κ1) is 10.3. The van der Waals surface area contributed by atoms with Crippen molar-refractivity contribution in [1.82, 2.24) is 9.78 Å². The minimum absolute atomic E-state index is 0.569. The van der Waals surface area contributed by atoms with E-state index in [0.29, 0.717) is 22.4 Å². The van der Waals surface area contributed by atoms with Gasteiger partial charge in [-0.05, 0) is 29.8 Å². The van der Waals surface area contributed by atoms with Crippen molar-refractivity contribution in [1.29, 1.82) is 0 Å². The summed E-state index contributed by atoms with van der Waals surface area (Å²) in [5.41, 5.74) is 6.67. The Kier molecular flexibility index (Phi) is 2.84. The molecule has 15 heavy (non-hydrogen) atoms. The fourth-order valence-corrected chi connectivity index (χ4v) is 1.92. The summed E-state index contributed by atoms with van der Waals surface area (Å²) in [6.07, 6.45) is 1.65. The van der Waals surface area contributed by atoms with Gasteiger partial charge in [0, 0.05) is 10.0 Å². The van der Waals surface area contributed by atoms with Crippen molar-refractivity contribution >= 4 is 29.0 Å². The SMILES string of the molecule is Nc1ccnn1Cc1cc(Cl)cc(Cl)c1. The smallest absolute Gasteiger partial charge is 0.122 e. The zero-order valence-electron chi connectivity index (χ0n) is 7.82. The van der Waals surface area contributed by atoms with Crippen LogP contribution in [0.4, 0.5) is 5.82 Å². The van der Waals surface area contributed by atoms with Crippen molar-refractivity contribution in [2.45, 2.75) is 6.54 Å². The second-order valence-electron chi connectivity index (χ2n) is 3.19. The summed E-state index contributed by atoms with van der Waals surface area (Å²) in [4.78, 5) is 0. The summed E-state index contributed by atoms with van der Waals surface area (Å²) >= 11 is 11.8. The molecule has 0 unspecified atom stereocenters. The Morgan fingerprint density at radius 1 is 1.20 bits per heavy atom. The predicted molar refractivity (Wildman–Crippen MR) is 62.2 cm³/mol. The first-order valence-electron chi connectivity index (χ1n) is 4.37. The van der Waals surface area contributed by atoms with Gasteiger partial charge in [-0.15, -0.1) is 0 Å². The zero-order valence-corrected chi connectivity index (χ0v) is 9.33. The number of benzene rings is 1. The van der Waals surface area contributed by atoms with Gasteiger partial charge in [-0.2, -0.15) is 5.10 Å². The maximum absolute atomic E-state index is 5.88. The fourth-order valence-electron chi connectivity index (χ4n) is 1.35. The fraction of sp³-hybridized carbons (Fsp3) is 0.100. The molecule has 2 N–H and O–H groups in total. The van der Waals surface area contributed by atoms with Crippen molar-refractivity contribution in [3.63, 3.8) is 0 Å². The molecule has 0 atom stereocenters. The van der Waals surface area contributed by atoms with Gasteiger partial charge in [-0.1, -0.05) is 23.2 Å². The third kappa shape index (κ3) is 2.43. The van der Waals surface area contributed by atoms with Crippen LogP contribution in [-0.2, 0) is 6.54 Å². The molecule has 5 heteroatoms. The third-order valence-electron chi connectivity index (χ3n) is 2.00. The first-order valence-corrected chi connectivity index (χ1v) is 5.13. The second kappa shape index (κ2) is 4.13. The monoisotopic (exact) mass is 241 g/mol. The topological polar surface area (TPSA) is 43.8 Å². The first-order chi connectivity index (χ1) is 7.15. The summed E-state index contributed by atoms with van der Waals surface area (Å²) < 4.78 is 1.68. The molecule has 0 radical (unpaired) electrons. The zero-order chi connectivity index (χ0) is 10.8. The quantitative estimate of drug-likeness (QED) is 0.879. The molecular weight excluding hydrogens is 233 g/mol. The van der Waals surface area contributed by atoms with Crippen LogP contribution in [0, 0.1) is 0 Å². The highest BCUT2D eigenvalue weighted by molar-refractivity contribution is 6.34. The van der Waals surface area contributed by atoms with Crippen LogP contribution in [0.3, 0.4) is 0 Å². The normalized spacial score (nSPS) is 10.5. The van der Waals surface area contributed by atoms with Crippen molar-refractivity contribution < 1.29 is 0 Å². The lowest BCUT2D eigenvalue weighted by molar-refractivity contribution is 0.697. The van der Waals surface area contributed by atoms with Gasteiger partial charge in [0.2, 0.25) is 0 Å². The third-order valence-corrected chi connectivity index (χ3v) is 2.44. The van der Waals surface area contributed by atoms with Crippen molar-refractivity contribution in [2.24, 2.45) is 0 Å². The Hall–Kier alpha value is -1.19. The highest BCUT2D eigenvalue weighted by Crippen LogP contribution is 2.20. The van der Waals surface area contributed by atoms with Gasteiger partial charge >= 0.3 is 0 Å². The van der Waals surface area contributed by atoms with Crippen LogP contribution in [0.25, 0.3) is 0 Å². The molecule has 2 aromatic rings. The van der Waals surface area contributed by atoms with E-state index in [4.69, 9.17) is 28.9 Å². The van der Waals surface area contributed by atoms with Gasteiger partial charge in [-0.3, -0.25) is 0 Å². The number of anilines is 1. The predicted octanol–water partition coefficient (Wildman–Crippen LogP) is 2.82. The van der Waals surface area contributed by atoms with E-state index >= 15 is 0 Å². The molecule has 0 spiro atoms. The van der Waals surface area contributed by atoms with Crippen molar-refractivity contribution in [2.75, 3.05) is 5.73 Å². The molecule has 0 fully saturated rings. The molecule has 0 amide bonds. The summed E-state index contributed by atoms with van der Waals surface area (Å²) in [5.74, 6) is 0.617.